The van der Waals surface area contributed by atoms with E-state index in [2.05, 4.69) is 4.98 Å². The normalized spacial score (nSPS) is 10.4. The summed E-state index contributed by atoms with van der Waals surface area (Å²) in [6, 6.07) is 14.4. The summed E-state index contributed by atoms with van der Waals surface area (Å²) >= 11 is 1.53. The third-order valence-corrected chi connectivity index (χ3v) is 4.83. The molecule has 3 rings (SSSR count). The Labute approximate surface area is 173 Å². The summed E-state index contributed by atoms with van der Waals surface area (Å²) in [5.41, 5.74) is 2.26. The molecule has 0 bridgehead atoms. The quantitative estimate of drug-likeness (QED) is 0.498. The second-order valence-corrected chi connectivity index (χ2v) is 6.84. The van der Waals surface area contributed by atoms with Crippen molar-refractivity contribution in [2.75, 3.05) is 13.2 Å². The molecule has 0 fully saturated rings. The molecular formula is C22H21NO5S. The van der Waals surface area contributed by atoms with Crippen LogP contribution in [0.4, 0.5) is 0 Å². The zero-order valence-electron chi connectivity index (χ0n) is 16.2. The molecule has 7 heteroatoms. The van der Waals surface area contributed by atoms with Gasteiger partial charge in [0.25, 0.3) is 0 Å². The van der Waals surface area contributed by atoms with Crippen molar-refractivity contribution in [1.29, 1.82) is 0 Å². The van der Waals surface area contributed by atoms with Crippen molar-refractivity contribution in [3.63, 3.8) is 0 Å². The van der Waals surface area contributed by atoms with Crippen LogP contribution < -0.4 is 4.74 Å². The van der Waals surface area contributed by atoms with Gasteiger partial charge in [0.1, 0.15) is 17.4 Å². The van der Waals surface area contributed by atoms with Crippen LogP contribution in [0.25, 0.3) is 10.6 Å². The monoisotopic (exact) mass is 411 g/mol. The zero-order valence-corrected chi connectivity index (χ0v) is 17.0. The van der Waals surface area contributed by atoms with Crippen LogP contribution in [-0.4, -0.2) is 30.1 Å². The van der Waals surface area contributed by atoms with Gasteiger partial charge in [-0.05, 0) is 32.0 Å². The van der Waals surface area contributed by atoms with Crippen molar-refractivity contribution in [3.8, 4) is 16.3 Å². The molecule has 0 aliphatic carbocycles. The molecule has 0 unspecified atom stereocenters. The van der Waals surface area contributed by atoms with Crippen molar-refractivity contribution in [3.05, 3.63) is 70.7 Å². The fraction of sp³-hybridized carbons (Fsp3) is 0.227. The molecule has 0 saturated carbocycles. The maximum atomic E-state index is 12.1. The summed E-state index contributed by atoms with van der Waals surface area (Å²) in [4.78, 5) is 28.8. The Balaban J connectivity index is 1.78. The van der Waals surface area contributed by atoms with Crippen LogP contribution in [0.2, 0.25) is 0 Å². The molecule has 0 amide bonds. The number of ether oxygens (including phenoxy) is 3. The molecule has 1 aromatic heterocycles. The van der Waals surface area contributed by atoms with Gasteiger partial charge in [0, 0.05) is 10.9 Å². The highest BCUT2D eigenvalue weighted by Gasteiger charge is 2.16. The molecular weight excluding hydrogens is 390 g/mol. The molecule has 0 spiro atoms. The first-order valence-corrected chi connectivity index (χ1v) is 10.1. The highest BCUT2D eigenvalue weighted by molar-refractivity contribution is 7.13. The maximum absolute atomic E-state index is 12.1. The van der Waals surface area contributed by atoms with Crippen molar-refractivity contribution in [2.24, 2.45) is 0 Å². The lowest BCUT2D eigenvalue weighted by molar-refractivity contribution is 0.0524. The van der Waals surface area contributed by atoms with Gasteiger partial charge in [-0.15, -0.1) is 11.3 Å². The highest BCUT2D eigenvalue weighted by Crippen LogP contribution is 2.25. The molecule has 2 aromatic carbocycles. The average Bonchev–Trinajstić information content (AvgIpc) is 3.22. The Kier molecular flexibility index (Phi) is 6.97. The third-order valence-electron chi connectivity index (χ3n) is 3.89. The zero-order chi connectivity index (χ0) is 20.6. The van der Waals surface area contributed by atoms with E-state index in [1.54, 1.807) is 26.0 Å². The number of rotatable bonds is 8. The van der Waals surface area contributed by atoms with Crippen molar-refractivity contribution in [1.82, 2.24) is 4.98 Å². The highest BCUT2D eigenvalue weighted by atomic mass is 32.1. The summed E-state index contributed by atoms with van der Waals surface area (Å²) in [7, 11) is 0. The number of carbonyl (C=O) groups excluding carboxylic acids is 2. The molecule has 3 aromatic rings. The molecule has 0 saturated heterocycles. The predicted molar refractivity (Wildman–Crippen MR) is 110 cm³/mol. The number of hydrogen-bond acceptors (Lipinski definition) is 7. The number of carbonyl (C=O) groups is 2. The molecule has 0 aliphatic rings. The lowest BCUT2D eigenvalue weighted by atomic mass is 10.1. The van der Waals surface area contributed by atoms with Gasteiger partial charge >= 0.3 is 11.9 Å². The van der Waals surface area contributed by atoms with E-state index in [0.29, 0.717) is 5.75 Å². The van der Waals surface area contributed by atoms with E-state index >= 15 is 0 Å². The lowest BCUT2D eigenvalue weighted by Gasteiger charge is -2.10. The average molecular weight is 411 g/mol. The number of aromatic nitrogens is 1. The first kappa shape index (κ1) is 20.5. The minimum absolute atomic E-state index is 0.206. The Bertz CT molecular complexity index is 948. The number of nitrogens with zero attached hydrogens (tertiary/aromatic N) is 1. The Hall–Kier alpha value is -3.19. The maximum Gasteiger partial charge on any atom is 0.338 e. The second kappa shape index (κ2) is 9.84. The van der Waals surface area contributed by atoms with Gasteiger partial charge in [0.2, 0.25) is 0 Å². The first-order chi connectivity index (χ1) is 14.1. The fourth-order valence-corrected chi connectivity index (χ4v) is 3.40. The van der Waals surface area contributed by atoms with E-state index in [1.807, 2.05) is 35.7 Å². The van der Waals surface area contributed by atoms with Crippen LogP contribution in [-0.2, 0) is 16.1 Å². The number of esters is 2. The standard InChI is InChI=1S/C22H21NO5S/c1-3-26-21(24)16-10-17(22(25)27-4-2)12-19(11-16)28-13-18-14-29-20(23-18)15-8-6-5-7-9-15/h5-12,14H,3-4,13H2,1-2H3. The van der Waals surface area contributed by atoms with Gasteiger partial charge in [0.05, 0.1) is 30.0 Å². The topological polar surface area (TPSA) is 74.7 Å². The van der Waals surface area contributed by atoms with Gasteiger partial charge in [-0.1, -0.05) is 30.3 Å². The number of thiazole rings is 1. The Morgan fingerprint density at radius 3 is 2.14 bits per heavy atom. The van der Waals surface area contributed by atoms with Crippen LogP contribution in [0.1, 0.15) is 40.3 Å². The van der Waals surface area contributed by atoms with Gasteiger partial charge in [-0.2, -0.15) is 0 Å². The van der Waals surface area contributed by atoms with E-state index in [0.717, 1.165) is 16.3 Å². The summed E-state index contributed by atoms with van der Waals surface area (Å²) in [5, 5.41) is 2.82. The summed E-state index contributed by atoms with van der Waals surface area (Å²) in [6.07, 6.45) is 0. The Morgan fingerprint density at radius 2 is 1.55 bits per heavy atom. The van der Waals surface area contributed by atoms with Crippen LogP contribution in [0.15, 0.2) is 53.9 Å². The third kappa shape index (κ3) is 5.42. The molecule has 1 heterocycles. The Morgan fingerprint density at radius 1 is 0.931 bits per heavy atom. The van der Waals surface area contributed by atoms with Gasteiger partial charge < -0.3 is 14.2 Å². The van der Waals surface area contributed by atoms with Crippen LogP contribution >= 0.6 is 11.3 Å². The minimum atomic E-state index is -0.525. The van der Waals surface area contributed by atoms with E-state index in [-0.39, 0.29) is 30.9 Å². The summed E-state index contributed by atoms with van der Waals surface area (Å²) in [5.74, 6) is -0.681. The van der Waals surface area contributed by atoms with Crippen molar-refractivity contribution in [2.45, 2.75) is 20.5 Å². The minimum Gasteiger partial charge on any atom is -0.487 e. The fourth-order valence-electron chi connectivity index (χ4n) is 2.59. The molecule has 0 radical (unpaired) electrons. The van der Waals surface area contributed by atoms with E-state index < -0.39 is 11.9 Å². The SMILES string of the molecule is CCOC(=O)c1cc(OCc2csc(-c3ccccc3)n2)cc(C(=O)OCC)c1. The van der Waals surface area contributed by atoms with E-state index in [1.165, 1.54) is 17.4 Å². The number of benzene rings is 2. The predicted octanol–water partition coefficient (Wildman–Crippen LogP) is 4.74. The van der Waals surface area contributed by atoms with E-state index in [9.17, 15) is 9.59 Å². The van der Waals surface area contributed by atoms with E-state index in [4.69, 9.17) is 14.2 Å². The van der Waals surface area contributed by atoms with Crippen molar-refractivity contribution >= 4 is 23.3 Å². The van der Waals surface area contributed by atoms with Crippen LogP contribution in [0, 0.1) is 0 Å². The molecule has 0 atom stereocenters. The van der Waals surface area contributed by atoms with Crippen LogP contribution in [0.3, 0.4) is 0 Å². The first-order valence-electron chi connectivity index (χ1n) is 9.22. The summed E-state index contributed by atoms with van der Waals surface area (Å²) in [6.45, 7) is 4.12. The van der Waals surface area contributed by atoms with Crippen LogP contribution in [0.5, 0.6) is 5.75 Å². The van der Waals surface area contributed by atoms with Gasteiger partial charge in [0.15, 0.2) is 0 Å². The van der Waals surface area contributed by atoms with Gasteiger partial charge in [-0.3, -0.25) is 0 Å². The summed E-state index contributed by atoms with van der Waals surface area (Å²) < 4.78 is 15.9. The molecule has 0 aliphatic heterocycles. The molecule has 6 nitrogen and oxygen atoms in total. The largest absolute Gasteiger partial charge is 0.487 e. The lowest BCUT2D eigenvalue weighted by Crippen LogP contribution is -2.10. The molecule has 150 valence electrons. The molecule has 0 N–H and O–H groups in total. The second-order valence-electron chi connectivity index (χ2n) is 5.99. The van der Waals surface area contributed by atoms with Crippen molar-refractivity contribution < 1.29 is 23.8 Å². The van der Waals surface area contributed by atoms with Gasteiger partial charge in [-0.25, -0.2) is 14.6 Å². The molecule has 29 heavy (non-hydrogen) atoms. The number of hydrogen-bond donors (Lipinski definition) is 0. The smallest absolute Gasteiger partial charge is 0.338 e.